The lowest BCUT2D eigenvalue weighted by Crippen LogP contribution is -2.40. The Balaban J connectivity index is 1.73. The van der Waals surface area contributed by atoms with Crippen LogP contribution in [0.2, 0.25) is 0 Å². The van der Waals surface area contributed by atoms with Crippen LogP contribution in [0.15, 0.2) is 29.2 Å². The molecule has 0 saturated carbocycles. The summed E-state index contributed by atoms with van der Waals surface area (Å²) in [6, 6.07) is 7.67. The first-order valence-electron chi connectivity index (χ1n) is 7.33. The van der Waals surface area contributed by atoms with Gasteiger partial charge in [-0.1, -0.05) is 12.1 Å². The van der Waals surface area contributed by atoms with Crippen LogP contribution < -0.4 is 0 Å². The number of likely N-dealkylation sites (tertiary alicyclic amines) is 1. The second-order valence-electron chi connectivity index (χ2n) is 5.41. The third kappa shape index (κ3) is 3.77. The van der Waals surface area contributed by atoms with Gasteiger partial charge >= 0.3 is 0 Å². The molecule has 5 nitrogen and oxygen atoms in total. The fourth-order valence-electron chi connectivity index (χ4n) is 2.59. The molecule has 0 aliphatic carbocycles. The number of amides is 3. The quantitative estimate of drug-likeness (QED) is 0.534. The van der Waals surface area contributed by atoms with Gasteiger partial charge in [0.15, 0.2) is 0 Å². The highest BCUT2D eigenvalue weighted by molar-refractivity contribution is 14.1. The summed E-state index contributed by atoms with van der Waals surface area (Å²) in [7, 11) is 0. The monoisotopic (exact) mass is 442 g/mol. The van der Waals surface area contributed by atoms with E-state index in [0.717, 1.165) is 38.6 Å². The molecule has 7 heteroatoms. The Kier molecular flexibility index (Phi) is 5.05. The standard InChI is InChI=1S/C16H15IN2O3S/c17-12-5-3-4-11(8-12)9-13-15(21)19(16(22)23-13)10-14(20)18-6-1-2-7-18/h3-5,8-9H,1-2,6-7,10H2. The Hall–Kier alpha value is -1.35. The molecule has 2 aliphatic rings. The van der Waals surface area contributed by atoms with Gasteiger partial charge in [0, 0.05) is 16.7 Å². The largest absolute Gasteiger partial charge is 0.341 e. The Morgan fingerprint density at radius 2 is 2.00 bits per heavy atom. The summed E-state index contributed by atoms with van der Waals surface area (Å²) >= 11 is 3.09. The molecule has 3 amide bonds. The normalized spacial score (nSPS) is 20.0. The van der Waals surface area contributed by atoms with Gasteiger partial charge in [0.05, 0.1) is 4.91 Å². The van der Waals surface area contributed by atoms with Crippen LogP contribution in [0.1, 0.15) is 18.4 Å². The third-order valence-corrected chi connectivity index (χ3v) is 5.35. The topological polar surface area (TPSA) is 57.7 Å². The molecule has 0 spiro atoms. The number of hydrogen-bond acceptors (Lipinski definition) is 4. The lowest BCUT2D eigenvalue weighted by molar-refractivity contribution is -0.135. The Morgan fingerprint density at radius 3 is 2.70 bits per heavy atom. The lowest BCUT2D eigenvalue weighted by Gasteiger charge is -2.18. The first kappa shape index (κ1) is 16.5. The summed E-state index contributed by atoms with van der Waals surface area (Å²) in [6.45, 7) is 1.27. The van der Waals surface area contributed by atoms with Gasteiger partial charge in [0.2, 0.25) is 5.91 Å². The van der Waals surface area contributed by atoms with Gasteiger partial charge < -0.3 is 4.90 Å². The minimum Gasteiger partial charge on any atom is -0.341 e. The molecule has 0 aromatic heterocycles. The van der Waals surface area contributed by atoms with Gasteiger partial charge in [0.1, 0.15) is 6.54 Å². The van der Waals surface area contributed by atoms with Crippen molar-refractivity contribution >= 4 is 57.5 Å². The zero-order chi connectivity index (χ0) is 16.4. The number of halogens is 1. The smallest absolute Gasteiger partial charge is 0.294 e. The summed E-state index contributed by atoms with van der Waals surface area (Å²) in [5, 5.41) is -0.376. The van der Waals surface area contributed by atoms with Crippen molar-refractivity contribution in [1.82, 2.24) is 9.80 Å². The van der Waals surface area contributed by atoms with E-state index >= 15 is 0 Å². The summed E-state index contributed by atoms with van der Waals surface area (Å²) < 4.78 is 1.06. The minimum absolute atomic E-state index is 0.152. The number of benzene rings is 1. The van der Waals surface area contributed by atoms with Crippen LogP contribution in [0, 0.1) is 3.57 Å². The highest BCUT2D eigenvalue weighted by Crippen LogP contribution is 2.32. The first-order valence-corrected chi connectivity index (χ1v) is 9.23. The molecule has 1 aromatic carbocycles. The second-order valence-corrected chi connectivity index (χ2v) is 7.65. The van der Waals surface area contributed by atoms with E-state index in [1.165, 1.54) is 0 Å². The third-order valence-electron chi connectivity index (χ3n) is 3.77. The highest BCUT2D eigenvalue weighted by Gasteiger charge is 2.37. The van der Waals surface area contributed by atoms with Crippen LogP contribution in [0.4, 0.5) is 4.79 Å². The molecular weight excluding hydrogens is 427 g/mol. The van der Waals surface area contributed by atoms with E-state index in [1.807, 2.05) is 24.3 Å². The Bertz CT molecular complexity index is 698. The maximum atomic E-state index is 12.4. The average Bonchev–Trinajstić information content (AvgIpc) is 3.12. The minimum atomic E-state index is -0.383. The molecular formula is C16H15IN2O3S. The van der Waals surface area contributed by atoms with Crippen molar-refractivity contribution in [3.8, 4) is 0 Å². The van der Waals surface area contributed by atoms with Crippen molar-refractivity contribution in [3.05, 3.63) is 38.3 Å². The number of hydrogen-bond donors (Lipinski definition) is 0. The lowest BCUT2D eigenvalue weighted by atomic mass is 10.2. The van der Waals surface area contributed by atoms with E-state index < -0.39 is 0 Å². The molecule has 0 atom stereocenters. The van der Waals surface area contributed by atoms with Crippen molar-refractivity contribution in [1.29, 1.82) is 0 Å². The summed E-state index contributed by atoms with van der Waals surface area (Å²) in [5.41, 5.74) is 0.869. The van der Waals surface area contributed by atoms with E-state index in [2.05, 4.69) is 22.6 Å². The van der Waals surface area contributed by atoms with Crippen LogP contribution in [-0.2, 0) is 9.59 Å². The molecule has 2 saturated heterocycles. The van der Waals surface area contributed by atoms with Gasteiger partial charge in [-0.2, -0.15) is 0 Å². The summed E-state index contributed by atoms with van der Waals surface area (Å²) in [4.78, 5) is 39.7. The SMILES string of the molecule is O=C(CN1C(=O)SC(=Cc2cccc(I)c2)C1=O)N1CCCC1. The van der Waals surface area contributed by atoms with Crippen molar-refractivity contribution in [2.45, 2.75) is 12.8 Å². The fourth-order valence-corrected chi connectivity index (χ4v) is 3.99. The molecule has 2 fully saturated rings. The number of thioether (sulfide) groups is 1. The molecule has 2 aliphatic heterocycles. The van der Waals surface area contributed by atoms with Crippen molar-refractivity contribution in [2.24, 2.45) is 0 Å². The number of carbonyl (C=O) groups is 3. The van der Waals surface area contributed by atoms with Gasteiger partial charge in [-0.25, -0.2) is 0 Å². The number of rotatable bonds is 3. The molecule has 0 unspecified atom stereocenters. The van der Waals surface area contributed by atoms with Crippen molar-refractivity contribution in [3.63, 3.8) is 0 Å². The van der Waals surface area contributed by atoms with E-state index in [4.69, 9.17) is 0 Å². The molecule has 0 N–H and O–H groups in total. The van der Waals surface area contributed by atoms with Crippen LogP contribution in [0.5, 0.6) is 0 Å². The highest BCUT2D eigenvalue weighted by atomic mass is 127. The maximum Gasteiger partial charge on any atom is 0.294 e. The first-order chi connectivity index (χ1) is 11.0. The van der Waals surface area contributed by atoms with E-state index in [9.17, 15) is 14.4 Å². The second kappa shape index (κ2) is 7.04. The number of imide groups is 1. The predicted molar refractivity (Wildman–Crippen MR) is 97.7 cm³/mol. The van der Waals surface area contributed by atoms with Gasteiger partial charge in [-0.15, -0.1) is 0 Å². The molecule has 3 rings (SSSR count). The molecule has 2 heterocycles. The zero-order valence-electron chi connectivity index (χ0n) is 12.3. The van der Waals surface area contributed by atoms with E-state index in [0.29, 0.717) is 18.0 Å². The molecule has 0 bridgehead atoms. The average molecular weight is 442 g/mol. The summed E-state index contributed by atoms with van der Waals surface area (Å²) in [5.74, 6) is -0.535. The number of nitrogens with zero attached hydrogens (tertiary/aromatic N) is 2. The van der Waals surface area contributed by atoms with Crippen LogP contribution >= 0.6 is 34.4 Å². The molecule has 23 heavy (non-hydrogen) atoms. The maximum absolute atomic E-state index is 12.4. The van der Waals surface area contributed by atoms with E-state index in [-0.39, 0.29) is 23.6 Å². The fraction of sp³-hybridized carbons (Fsp3) is 0.312. The zero-order valence-corrected chi connectivity index (χ0v) is 15.3. The van der Waals surface area contributed by atoms with Crippen molar-refractivity contribution in [2.75, 3.05) is 19.6 Å². The molecule has 120 valence electrons. The van der Waals surface area contributed by atoms with Gasteiger partial charge in [0.25, 0.3) is 11.1 Å². The molecule has 1 aromatic rings. The number of carbonyl (C=O) groups excluding carboxylic acids is 3. The predicted octanol–water partition coefficient (Wildman–Crippen LogP) is 2.95. The van der Waals surface area contributed by atoms with Crippen LogP contribution in [0.25, 0.3) is 6.08 Å². The van der Waals surface area contributed by atoms with Crippen LogP contribution in [-0.4, -0.2) is 46.5 Å². The molecule has 0 radical (unpaired) electrons. The Labute approximate surface area is 152 Å². The van der Waals surface area contributed by atoms with E-state index in [1.54, 1.807) is 11.0 Å². The van der Waals surface area contributed by atoms with Gasteiger partial charge in [-0.05, 0) is 71.0 Å². The summed E-state index contributed by atoms with van der Waals surface area (Å²) in [6.07, 6.45) is 3.67. The van der Waals surface area contributed by atoms with Crippen molar-refractivity contribution < 1.29 is 14.4 Å². The van der Waals surface area contributed by atoms with Gasteiger partial charge in [-0.3, -0.25) is 19.3 Å². The Morgan fingerprint density at radius 1 is 1.26 bits per heavy atom. The van der Waals surface area contributed by atoms with Crippen LogP contribution in [0.3, 0.4) is 0 Å².